The molecule has 0 radical (unpaired) electrons. The van der Waals surface area contributed by atoms with Crippen LogP contribution in [0.1, 0.15) is 12.5 Å². The van der Waals surface area contributed by atoms with Crippen molar-refractivity contribution in [1.82, 2.24) is 5.32 Å². The van der Waals surface area contributed by atoms with Gasteiger partial charge in [0, 0.05) is 7.05 Å². The molecule has 0 spiro atoms. The maximum Gasteiger partial charge on any atom is 0.248 e. The minimum Gasteiger partial charge on any atom is -0.497 e. The lowest BCUT2D eigenvalue weighted by Crippen LogP contribution is -2.31. The first-order chi connectivity index (χ1) is 7.67. The molecule has 0 aliphatic carbocycles. The van der Waals surface area contributed by atoms with Gasteiger partial charge in [0.15, 0.2) is 0 Å². The highest BCUT2D eigenvalue weighted by atomic mass is 16.5. The average molecular weight is 223 g/mol. The van der Waals surface area contributed by atoms with E-state index in [0.29, 0.717) is 6.61 Å². The van der Waals surface area contributed by atoms with Crippen LogP contribution in [0.25, 0.3) is 0 Å². The molecule has 0 aliphatic heterocycles. The molecule has 0 heterocycles. The van der Waals surface area contributed by atoms with Gasteiger partial charge in [0.2, 0.25) is 5.91 Å². The third-order valence-corrected chi connectivity index (χ3v) is 2.25. The standard InChI is InChI=1S/C12H17NO3/c1-9(12(14)13-2)16-8-10-5-4-6-11(7-10)15-3/h4-7,9H,8H2,1-3H3,(H,13,14)/t9-/m0/s1. The lowest BCUT2D eigenvalue weighted by atomic mass is 10.2. The first-order valence-electron chi connectivity index (χ1n) is 5.13. The Labute approximate surface area is 95.6 Å². The van der Waals surface area contributed by atoms with Crippen molar-refractivity contribution in [2.45, 2.75) is 19.6 Å². The number of carbonyl (C=O) groups is 1. The predicted octanol–water partition coefficient (Wildman–Crippen LogP) is 1.35. The van der Waals surface area contributed by atoms with Crippen molar-refractivity contribution in [2.75, 3.05) is 14.2 Å². The molecule has 1 aromatic carbocycles. The first kappa shape index (κ1) is 12.5. The molecule has 0 aromatic heterocycles. The first-order valence-corrected chi connectivity index (χ1v) is 5.13. The summed E-state index contributed by atoms with van der Waals surface area (Å²) in [5.74, 6) is 0.664. The molecular weight excluding hydrogens is 206 g/mol. The Kier molecular flexibility index (Phi) is 4.79. The summed E-state index contributed by atoms with van der Waals surface area (Å²) in [4.78, 5) is 11.2. The van der Waals surface area contributed by atoms with Gasteiger partial charge in [-0.1, -0.05) is 12.1 Å². The van der Waals surface area contributed by atoms with E-state index in [-0.39, 0.29) is 5.91 Å². The Morgan fingerprint density at radius 3 is 2.88 bits per heavy atom. The maximum absolute atomic E-state index is 11.2. The number of rotatable bonds is 5. The molecule has 1 amide bonds. The van der Waals surface area contributed by atoms with Crippen molar-refractivity contribution in [2.24, 2.45) is 0 Å². The molecule has 4 heteroatoms. The van der Waals surface area contributed by atoms with Crippen LogP contribution in [-0.2, 0) is 16.1 Å². The number of methoxy groups -OCH3 is 1. The summed E-state index contributed by atoms with van der Waals surface area (Å²) in [5.41, 5.74) is 0.982. The van der Waals surface area contributed by atoms with Crippen molar-refractivity contribution < 1.29 is 14.3 Å². The lowest BCUT2D eigenvalue weighted by molar-refractivity contribution is -0.131. The van der Waals surface area contributed by atoms with E-state index >= 15 is 0 Å². The molecule has 0 saturated carbocycles. The molecule has 88 valence electrons. The summed E-state index contributed by atoms with van der Waals surface area (Å²) in [7, 11) is 3.21. The minimum atomic E-state index is -0.448. The SMILES string of the molecule is CNC(=O)[C@H](C)OCc1cccc(OC)c1. The van der Waals surface area contributed by atoms with E-state index in [2.05, 4.69) is 5.32 Å². The fraction of sp³-hybridized carbons (Fsp3) is 0.417. The van der Waals surface area contributed by atoms with Crippen LogP contribution in [0.15, 0.2) is 24.3 Å². The van der Waals surface area contributed by atoms with Crippen LogP contribution in [0.4, 0.5) is 0 Å². The number of amides is 1. The van der Waals surface area contributed by atoms with Gasteiger partial charge in [-0.25, -0.2) is 0 Å². The fourth-order valence-corrected chi connectivity index (χ4v) is 1.26. The molecule has 4 nitrogen and oxygen atoms in total. The lowest BCUT2D eigenvalue weighted by Gasteiger charge is -2.11. The number of ether oxygens (including phenoxy) is 2. The third-order valence-electron chi connectivity index (χ3n) is 2.25. The topological polar surface area (TPSA) is 47.6 Å². The summed E-state index contributed by atoms with van der Waals surface area (Å²) in [5, 5.41) is 2.53. The van der Waals surface area contributed by atoms with E-state index in [1.54, 1.807) is 21.1 Å². The van der Waals surface area contributed by atoms with Crippen LogP contribution < -0.4 is 10.1 Å². The van der Waals surface area contributed by atoms with Crippen molar-refractivity contribution in [1.29, 1.82) is 0 Å². The Morgan fingerprint density at radius 1 is 1.50 bits per heavy atom. The highest BCUT2D eigenvalue weighted by Crippen LogP contribution is 2.13. The van der Waals surface area contributed by atoms with Crippen molar-refractivity contribution in [3.8, 4) is 5.75 Å². The molecule has 0 fully saturated rings. The second kappa shape index (κ2) is 6.12. The predicted molar refractivity (Wildman–Crippen MR) is 61.3 cm³/mol. The quantitative estimate of drug-likeness (QED) is 0.819. The van der Waals surface area contributed by atoms with Gasteiger partial charge in [0.05, 0.1) is 13.7 Å². The Bertz CT molecular complexity index is 352. The van der Waals surface area contributed by atoms with Gasteiger partial charge in [-0.05, 0) is 24.6 Å². The molecule has 1 N–H and O–H groups in total. The van der Waals surface area contributed by atoms with E-state index in [0.717, 1.165) is 11.3 Å². The largest absolute Gasteiger partial charge is 0.497 e. The monoisotopic (exact) mass is 223 g/mol. The molecule has 16 heavy (non-hydrogen) atoms. The summed E-state index contributed by atoms with van der Waals surface area (Å²) < 4.78 is 10.5. The molecule has 0 saturated heterocycles. The average Bonchev–Trinajstić information content (AvgIpc) is 2.35. The van der Waals surface area contributed by atoms with Crippen LogP contribution in [0, 0.1) is 0 Å². The van der Waals surface area contributed by atoms with Crippen LogP contribution in [0.2, 0.25) is 0 Å². The van der Waals surface area contributed by atoms with Gasteiger partial charge in [0.1, 0.15) is 11.9 Å². The summed E-state index contributed by atoms with van der Waals surface area (Å²) in [6.45, 7) is 2.12. The smallest absolute Gasteiger partial charge is 0.248 e. The number of hydrogen-bond acceptors (Lipinski definition) is 3. The summed E-state index contributed by atoms with van der Waals surface area (Å²) >= 11 is 0. The van der Waals surface area contributed by atoms with Gasteiger partial charge in [-0.3, -0.25) is 4.79 Å². The number of carbonyl (C=O) groups excluding carboxylic acids is 1. The van der Waals surface area contributed by atoms with Gasteiger partial charge in [-0.15, -0.1) is 0 Å². The van der Waals surface area contributed by atoms with E-state index in [1.807, 2.05) is 24.3 Å². The van der Waals surface area contributed by atoms with Gasteiger partial charge >= 0.3 is 0 Å². The molecule has 0 unspecified atom stereocenters. The van der Waals surface area contributed by atoms with E-state index in [1.165, 1.54) is 0 Å². The summed E-state index contributed by atoms with van der Waals surface area (Å²) in [6.07, 6.45) is -0.448. The van der Waals surface area contributed by atoms with Crippen molar-refractivity contribution in [3.05, 3.63) is 29.8 Å². The molecule has 1 aromatic rings. The van der Waals surface area contributed by atoms with Gasteiger partial charge in [-0.2, -0.15) is 0 Å². The van der Waals surface area contributed by atoms with E-state index in [4.69, 9.17) is 9.47 Å². The highest BCUT2D eigenvalue weighted by Gasteiger charge is 2.10. The zero-order chi connectivity index (χ0) is 12.0. The van der Waals surface area contributed by atoms with E-state index < -0.39 is 6.10 Å². The van der Waals surface area contributed by atoms with Crippen LogP contribution in [-0.4, -0.2) is 26.2 Å². The third kappa shape index (κ3) is 3.55. The number of benzene rings is 1. The van der Waals surface area contributed by atoms with Crippen LogP contribution in [0.3, 0.4) is 0 Å². The van der Waals surface area contributed by atoms with Crippen LogP contribution >= 0.6 is 0 Å². The van der Waals surface area contributed by atoms with E-state index in [9.17, 15) is 4.79 Å². The minimum absolute atomic E-state index is 0.122. The highest BCUT2D eigenvalue weighted by molar-refractivity contribution is 5.79. The van der Waals surface area contributed by atoms with Crippen molar-refractivity contribution >= 4 is 5.91 Å². The number of likely N-dealkylation sites (N-methyl/N-ethyl adjacent to an activating group) is 1. The fourth-order valence-electron chi connectivity index (χ4n) is 1.26. The molecular formula is C12H17NO3. The molecule has 0 bridgehead atoms. The van der Waals surface area contributed by atoms with Gasteiger partial charge in [0.25, 0.3) is 0 Å². The molecule has 1 atom stereocenters. The van der Waals surface area contributed by atoms with Gasteiger partial charge < -0.3 is 14.8 Å². The van der Waals surface area contributed by atoms with Crippen molar-refractivity contribution in [3.63, 3.8) is 0 Å². The van der Waals surface area contributed by atoms with Crippen LogP contribution in [0.5, 0.6) is 5.75 Å². The Morgan fingerprint density at radius 2 is 2.25 bits per heavy atom. The number of nitrogens with one attached hydrogen (secondary N) is 1. The second-order valence-electron chi connectivity index (χ2n) is 3.42. The molecule has 1 rings (SSSR count). The zero-order valence-corrected chi connectivity index (χ0v) is 9.82. The maximum atomic E-state index is 11.2. The Hall–Kier alpha value is -1.55. The summed E-state index contributed by atoms with van der Waals surface area (Å²) in [6, 6.07) is 7.57. The Balaban J connectivity index is 2.51. The molecule has 0 aliphatic rings. The second-order valence-corrected chi connectivity index (χ2v) is 3.42. The zero-order valence-electron chi connectivity index (χ0n) is 9.82. The normalized spacial score (nSPS) is 11.9. The number of hydrogen-bond donors (Lipinski definition) is 1.